The molecule has 0 radical (unpaired) electrons. The molecule has 3 aliphatic heterocycles. The van der Waals surface area contributed by atoms with Gasteiger partial charge >= 0.3 is 0 Å². The minimum Gasteiger partial charge on any atom is -0.354 e. The average molecular weight is 415 g/mol. The number of nitrogens with zero attached hydrogens (tertiary/aromatic N) is 5. The molecule has 8 heteroatoms. The number of hydrogen-bond donors (Lipinski definition) is 1. The van der Waals surface area contributed by atoms with Crippen LogP contribution in [0, 0.1) is 17.8 Å². The van der Waals surface area contributed by atoms with Crippen LogP contribution in [0.1, 0.15) is 50.8 Å². The third kappa shape index (κ3) is 3.74. The number of aryl methyl sites for hydroxylation is 1. The zero-order valence-electron chi connectivity index (χ0n) is 18.0. The summed E-state index contributed by atoms with van der Waals surface area (Å²) in [6, 6.07) is -0.0797. The van der Waals surface area contributed by atoms with Crippen LogP contribution < -0.4 is 5.32 Å². The summed E-state index contributed by atoms with van der Waals surface area (Å²) in [5.41, 5.74) is 0. The molecule has 4 fully saturated rings. The summed E-state index contributed by atoms with van der Waals surface area (Å²) >= 11 is 0. The molecule has 4 aliphatic rings. The molecule has 1 aromatic rings. The largest absolute Gasteiger partial charge is 0.354 e. The second kappa shape index (κ2) is 8.29. The lowest BCUT2D eigenvalue weighted by Crippen LogP contribution is -2.68. The van der Waals surface area contributed by atoms with E-state index in [1.807, 2.05) is 11.9 Å². The number of likely N-dealkylation sites (tertiary alicyclic amines) is 1. The molecule has 3 saturated heterocycles. The van der Waals surface area contributed by atoms with Crippen molar-refractivity contribution in [3.05, 3.63) is 12.2 Å². The highest BCUT2D eigenvalue weighted by atomic mass is 16.2. The van der Waals surface area contributed by atoms with Gasteiger partial charge in [0.25, 0.3) is 0 Å². The van der Waals surface area contributed by atoms with Crippen molar-refractivity contribution in [2.45, 2.75) is 63.5 Å². The van der Waals surface area contributed by atoms with Crippen molar-refractivity contribution in [3.8, 4) is 0 Å². The first kappa shape index (κ1) is 20.0. The Balaban J connectivity index is 1.29. The molecular weight excluding hydrogens is 380 g/mol. The van der Waals surface area contributed by atoms with Crippen molar-refractivity contribution in [2.75, 3.05) is 26.2 Å². The van der Waals surface area contributed by atoms with Gasteiger partial charge in [0.1, 0.15) is 18.2 Å². The standard InChI is InChI=1S/C22H34N6O2/c1-26-19(24-14-25-26)8-9-23-22(30)21-17-10-16(18-6-3-7-20(29)28(18)21)12-27(13-17)11-15-4-2-5-15/h14-18,21H,2-13H2,1H3,(H,23,30)/t16-,17+,18-,21+/m0/s1. The number of rotatable bonds is 6. The van der Waals surface area contributed by atoms with Crippen molar-refractivity contribution < 1.29 is 9.59 Å². The molecular formula is C22H34N6O2. The summed E-state index contributed by atoms with van der Waals surface area (Å²) in [5, 5.41) is 7.21. The van der Waals surface area contributed by atoms with E-state index < -0.39 is 0 Å². The van der Waals surface area contributed by atoms with E-state index in [-0.39, 0.29) is 29.8 Å². The normalized spacial score (nSPS) is 31.9. The van der Waals surface area contributed by atoms with Crippen molar-refractivity contribution >= 4 is 11.8 Å². The van der Waals surface area contributed by atoms with Crippen LogP contribution in [-0.2, 0) is 23.1 Å². The number of aromatic nitrogens is 3. The fourth-order valence-electron chi connectivity index (χ4n) is 6.23. The van der Waals surface area contributed by atoms with E-state index >= 15 is 0 Å². The summed E-state index contributed by atoms with van der Waals surface area (Å²) in [7, 11) is 1.86. The molecule has 5 rings (SSSR count). The van der Waals surface area contributed by atoms with Gasteiger partial charge in [-0.25, -0.2) is 4.98 Å². The summed E-state index contributed by atoms with van der Waals surface area (Å²) in [6.07, 6.45) is 9.93. The predicted octanol–water partition coefficient (Wildman–Crippen LogP) is 0.975. The van der Waals surface area contributed by atoms with Gasteiger partial charge in [0.05, 0.1) is 0 Å². The van der Waals surface area contributed by atoms with Crippen molar-refractivity contribution in [3.63, 3.8) is 0 Å². The third-order valence-corrected chi connectivity index (χ3v) is 7.88. The van der Waals surface area contributed by atoms with Crippen molar-refractivity contribution in [1.29, 1.82) is 0 Å². The highest BCUT2D eigenvalue weighted by Crippen LogP contribution is 2.42. The second-order valence-corrected chi connectivity index (χ2v) is 9.82. The quantitative estimate of drug-likeness (QED) is 0.750. The van der Waals surface area contributed by atoms with E-state index in [2.05, 4.69) is 20.3 Å². The highest BCUT2D eigenvalue weighted by Gasteiger charge is 2.51. The van der Waals surface area contributed by atoms with Gasteiger partial charge in [0.2, 0.25) is 11.8 Å². The lowest BCUT2D eigenvalue weighted by Gasteiger charge is -2.56. The topological polar surface area (TPSA) is 83.4 Å². The molecule has 2 amide bonds. The van der Waals surface area contributed by atoms with Crippen LogP contribution in [-0.4, -0.2) is 74.6 Å². The molecule has 0 aromatic carbocycles. The minimum absolute atomic E-state index is 0.0198. The maximum absolute atomic E-state index is 13.3. The summed E-state index contributed by atoms with van der Waals surface area (Å²) in [5.74, 6) is 2.67. The molecule has 0 unspecified atom stereocenters. The molecule has 1 aliphatic carbocycles. The Kier molecular flexibility index (Phi) is 5.52. The molecule has 1 N–H and O–H groups in total. The highest BCUT2D eigenvalue weighted by molar-refractivity contribution is 5.89. The molecule has 1 aromatic heterocycles. The van der Waals surface area contributed by atoms with E-state index in [1.165, 1.54) is 32.1 Å². The van der Waals surface area contributed by atoms with E-state index in [9.17, 15) is 9.59 Å². The Bertz CT molecular complexity index is 790. The van der Waals surface area contributed by atoms with Crippen LogP contribution in [0.3, 0.4) is 0 Å². The first-order chi connectivity index (χ1) is 14.6. The number of amides is 2. The van der Waals surface area contributed by atoms with Gasteiger partial charge in [0.15, 0.2) is 0 Å². The monoisotopic (exact) mass is 414 g/mol. The molecule has 30 heavy (non-hydrogen) atoms. The van der Waals surface area contributed by atoms with Crippen LogP contribution in [0.4, 0.5) is 0 Å². The van der Waals surface area contributed by atoms with Gasteiger partial charge in [-0.2, -0.15) is 5.10 Å². The maximum Gasteiger partial charge on any atom is 0.243 e. The Morgan fingerprint density at radius 3 is 2.77 bits per heavy atom. The van der Waals surface area contributed by atoms with E-state index in [4.69, 9.17) is 0 Å². The van der Waals surface area contributed by atoms with Gasteiger partial charge in [-0.3, -0.25) is 14.3 Å². The number of fused-ring (bicyclic) bond motifs is 4. The third-order valence-electron chi connectivity index (χ3n) is 7.88. The molecule has 4 heterocycles. The molecule has 0 spiro atoms. The number of carbonyl (C=O) groups is 2. The number of piperidine rings is 3. The lowest BCUT2D eigenvalue weighted by molar-refractivity contribution is -0.160. The number of nitrogens with one attached hydrogen (secondary N) is 1. The molecule has 4 atom stereocenters. The minimum atomic E-state index is -0.317. The summed E-state index contributed by atoms with van der Waals surface area (Å²) in [4.78, 5) is 35.1. The Morgan fingerprint density at radius 1 is 1.20 bits per heavy atom. The van der Waals surface area contributed by atoms with Gasteiger partial charge < -0.3 is 15.1 Å². The number of carbonyl (C=O) groups excluding carboxylic acids is 2. The zero-order valence-corrected chi connectivity index (χ0v) is 18.0. The first-order valence-corrected chi connectivity index (χ1v) is 11.7. The summed E-state index contributed by atoms with van der Waals surface area (Å²) < 4.78 is 1.74. The summed E-state index contributed by atoms with van der Waals surface area (Å²) in [6.45, 7) is 3.75. The zero-order chi connectivity index (χ0) is 20.7. The Labute approximate surface area is 178 Å². The molecule has 2 bridgehead atoms. The molecule has 164 valence electrons. The molecule has 8 nitrogen and oxygen atoms in total. The van der Waals surface area contributed by atoms with Gasteiger partial charge in [0, 0.05) is 58.0 Å². The van der Waals surface area contributed by atoms with Gasteiger partial charge in [-0.15, -0.1) is 0 Å². The molecule has 1 saturated carbocycles. The van der Waals surface area contributed by atoms with Crippen LogP contribution in [0.5, 0.6) is 0 Å². The smallest absolute Gasteiger partial charge is 0.243 e. The Morgan fingerprint density at radius 2 is 2.03 bits per heavy atom. The van der Waals surface area contributed by atoms with Crippen LogP contribution in [0.25, 0.3) is 0 Å². The first-order valence-electron chi connectivity index (χ1n) is 11.7. The van der Waals surface area contributed by atoms with Crippen LogP contribution in [0.2, 0.25) is 0 Å². The second-order valence-electron chi connectivity index (χ2n) is 9.82. The van der Waals surface area contributed by atoms with Gasteiger partial charge in [-0.05, 0) is 43.9 Å². The van der Waals surface area contributed by atoms with Gasteiger partial charge in [-0.1, -0.05) is 6.42 Å². The van der Waals surface area contributed by atoms with E-state index in [1.54, 1.807) is 4.68 Å². The van der Waals surface area contributed by atoms with E-state index in [0.717, 1.165) is 44.1 Å². The number of hydrogen-bond acceptors (Lipinski definition) is 5. The average Bonchev–Trinajstić information content (AvgIpc) is 3.10. The fourth-order valence-corrected chi connectivity index (χ4v) is 6.23. The van der Waals surface area contributed by atoms with Crippen LogP contribution >= 0.6 is 0 Å². The van der Waals surface area contributed by atoms with Crippen LogP contribution in [0.15, 0.2) is 6.33 Å². The SMILES string of the molecule is Cn1ncnc1CCNC(=O)[C@H]1[C@@H]2C[C@@H](CN(CC3CCC3)C2)[C@@H]2CCCC(=O)N21. The lowest BCUT2D eigenvalue weighted by atomic mass is 9.71. The predicted molar refractivity (Wildman–Crippen MR) is 111 cm³/mol. The fraction of sp³-hybridized carbons (Fsp3) is 0.818. The maximum atomic E-state index is 13.3. The van der Waals surface area contributed by atoms with Crippen molar-refractivity contribution in [1.82, 2.24) is 29.9 Å². The van der Waals surface area contributed by atoms with Crippen molar-refractivity contribution in [2.24, 2.45) is 24.8 Å². The van der Waals surface area contributed by atoms with E-state index in [0.29, 0.717) is 25.3 Å². The Hall–Kier alpha value is -1.96.